The number of piperidine rings is 1. The predicted octanol–water partition coefficient (Wildman–Crippen LogP) is 6.69. The molecule has 3 aliphatic carbocycles. The molecule has 1 spiro atoms. The number of phenolic OH excluding ortho intramolecular Hbond substituents is 1. The molecule has 0 saturated carbocycles. The summed E-state index contributed by atoms with van der Waals surface area (Å²) in [6.07, 6.45) is 4.72. The normalized spacial score (nSPS) is 28.5. The van der Waals surface area contributed by atoms with Crippen molar-refractivity contribution in [2.24, 2.45) is 5.92 Å². The second kappa shape index (κ2) is 10.2. The number of allylic oxidation sites excluding steroid dienone is 1. The van der Waals surface area contributed by atoms with Crippen LogP contribution in [0, 0.1) is 5.92 Å². The fourth-order valence-corrected chi connectivity index (χ4v) is 9.21. The van der Waals surface area contributed by atoms with Crippen LogP contribution in [0.1, 0.15) is 52.6 Å². The SMILES string of the molecule is CCOc1ccccc1OC1=C(c2ccccc2)C(c2cc3c4c(c2O)O[C@H]2[C@@H](O)C=C[C@H]5[C@@H](C3)N(C)CC[C@@]452)c2ccccc21. The van der Waals surface area contributed by atoms with Gasteiger partial charge in [0, 0.05) is 45.6 Å². The molecule has 2 bridgehead atoms. The number of likely N-dealkylation sites (N-methyl/N-ethyl adjacent to an activating group) is 1. The van der Waals surface area contributed by atoms with E-state index in [2.05, 4.69) is 54.4 Å². The van der Waals surface area contributed by atoms with Crippen LogP contribution in [0.25, 0.3) is 11.3 Å². The minimum atomic E-state index is -0.723. The number of phenols is 1. The number of aliphatic hydroxyl groups excluding tert-OH is 1. The van der Waals surface area contributed by atoms with Gasteiger partial charge in [-0.2, -0.15) is 0 Å². The molecule has 1 unspecified atom stereocenters. The molecule has 46 heavy (non-hydrogen) atoms. The minimum Gasteiger partial charge on any atom is -0.504 e. The molecule has 2 heterocycles. The summed E-state index contributed by atoms with van der Waals surface area (Å²) in [5.74, 6) is 2.71. The first-order valence-corrected chi connectivity index (χ1v) is 16.4. The Balaban J connectivity index is 1.28. The molecule has 1 saturated heterocycles. The summed E-state index contributed by atoms with van der Waals surface area (Å²) in [5.41, 5.74) is 6.82. The van der Waals surface area contributed by atoms with Crippen LogP contribution in [0.4, 0.5) is 0 Å². The molecule has 4 aromatic rings. The first-order chi connectivity index (χ1) is 22.5. The van der Waals surface area contributed by atoms with E-state index in [0.29, 0.717) is 29.9 Å². The van der Waals surface area contributed by atoms with Crippen molar-refractivity contribution in [2.75, 3.05) is 20.2 Å². The van der Waals surface area contributed by atoms with Crippen molar-refractivity contribution in [2.45, 2.75) is 49.3 Å². The number of hydrogen-bond donors (Lipinski definition) is 2. The van der Waals surface area contributed by atoms with E-state index < -0.39 is 12.2 Å². The summed E-state index contributed by atoms with van der Waals surface area (Å²) in [4.78, 5) is 2.46. The zero-order chi connectivity index (χ0) is 31.2. The number of benzene rings is 4. The van der Waals surface area contributed by atoms with E-state index in [9.17, 15) is 10.2 Å². The maximum atomic E-state index is 12.3. The molecule has 0 radical (unpaired) electrons. The Bertz CT molecular complexity index is 1930. The number of hydrogen-bond acceptors (Lipinski definition) is 6. The van der Waals surface area contributed by atoms with Crippen molar-refractivity contribution in [1.82, 2.24) is 4.90 Å². The average molecular weight is 612 g/mol. The number of aromatic hydroxyl groups is 1. The summed E-state index contributed by atoms with van der Waals surface area (Å²) in [6.45, 7) is 3.43. The number of para-hydroxylation sites is 2. The number of ether oxygens (including phenoxy) is 3. The molecular weight excluding hydrogens is 574 g/mol. The van der Waals surface area contributed by atoms with E-state index in [-0.39, 0.29) is 23.0 Å². The van der Waals surface area contributed by atoms with E-state index in [1.807, 2.05) is 61.5 Å². The van der Waals surface area contributed by atoms with E-state index in [0.717, 1.165) is 58.5 Å². The Hall–Kier alpha value is -4.52. The van der Waals surface area contributed by atoms with Gasteiger partial charge in [-0.3, -0.25) is 0 Å². The molecular formula is C40H37NO5. The van der Waals surface area contributed by atoms with E-state index in [4.69, 9.17) is 14.2 Å². The highest BCUT2D eigenvalue weighted by molar-refractivity contribution is 6.00. The monoisotopic (exact) mass is 611 g/mol. The Morgan fingerprint density at radius 3 is 2.52 bits per heavy atom. The fraction of sp³-hybridized carbons (Fsp3) is 0.300. The molecule has 0 amide bonds. The Morgan fingerprint density at radius 2 is 1.70 bits per heavy atom. The van der Waals surface area contributed by atoms with Crippen molar-refractivity contribution in [3.05, 3.63) is 130 Å². The van der Waals surface area contributed by atoms with Crippen molar-refractivity contribution >= 4 is 11.3 Å². The number of rotatable bonds is 6. The van der Waals surface area contributed by atoms with Gasteiger partial charge in [-0.15, -0.1) is 0 Å². The molecule has 232 valence electrons. The summed E-state index contributed by atoms with van der Waals surface area (Å²) >= 11 is 0. The van der Waals surface area contributed by atoms with Gasteiger partial charge in [-0.1, -0.05) is 84.9 Å². The van der Waals surface area contributed by atoms with E-state index in [1.54, 1.807) is 0 Å². The summed E-state index contributed by atoms with van der Waals surface area (Å²) in [5, 5.41) is 23.6. The highest BCUT2D eigenvalue weighted by atomic mass is 16.5. The van der Waals surface area contributed by atoms with Gasteiger partial charge in [-0.25, -0.2) is 0 Å². The molecule has 9 rings (SSSR count). The highest BCUT2D eigenvalue weighted by Gasteiger charge is 2.64. The largest absolute Gasteiger partial charge is 0.504 e. The maximum Gasteiger partial charge on any atom is 0.169 e. The van der Waals surface area contributed by atoms with Gasteiger partial charge in [0.05, 0.1) is 6.61 Å². The average Bonchev–Trinajstić information content (AvgIpc) is 3.60. The molecule has 4 aromatic carbocycles. The fourth-order valence-electron chi connectivity index (χ4n) is 9.21. The van der Waals surface area contributed by atoms with Crippen molar-refractivity contribution < 1.29 is 24.4 Å². The number of fused-ring (bicyclic) bond motifs is 1. The highest BCUT2D eigenvalue weighted by Crippen LogP contribution is 2.65. The molecule has 1 fully saturated rings. The quantitative estimate of drug-likeness (QED) is 0.237. The first kappa shape index (κ1) is 27.8. The Labute approximate surface area is 269 Å². The third kappa shape index (κ3) is 3.71. The van der Waals surface area contributed by atoms with Crippen LogP contribution in [-0.2, 0) is 11.8 Å². The van der Waals surface area contributed by atoms with Crippen LogP contribution >= 0.6 is 0 Å². The second-order valence-corrected chi connectivity index (χ2v) is 13.3. The first-order valence-electron chi connectivity index (χ1n) is 16.4. The molecule has 2 aliphatic heterocycles. The lowest BCUT2D eigenvalue weighted by molar-refractivity contribution is -0.0453. The topological polar surface area (TPSA) is 71.4 Å². The van der Waals surface area contributed by atoms with Crippen LogP contribution in [0.2, 0.25) is 0 Å². The van der Waals surface area contributed by atoms with Crippen LogP contribution in [0.3, 0.4) is 0 Å². The second-order valence-electron chi connectivity index (χ2n) is 13.3. The third-order valence-corrected chi connectivity index (χ3v) is 11.1. The van der Waals surface area contributed by atoms with Gasteiger partial charge in [0.1, 0.15) is 18.0 Å². The van der Waals surface area contributed by atoms with Gasteiger partial charge < -0.3 is 29.3 Å². The van der Waals surface area contributed by atoms with Gasteiger partial charge >= 0.3 is 0 Å². The molecule has 6 heteroatoms. The number of likely N-dealkylation sites (tertiary alicyclic amines) is 1. The molecule has 5 aliphatic rings. The van der Waals surface area contributed by atoms with Gasteiger partial charge in [-0.05, 0) is 62.2 Å². The lowest BCUT2D eigenvalue weighted by Gasteiger charge is -2.56. The van der Waals surface area contributed by atoms with Crippen LogP contribution in [0.5, 0.6) is 23.0 Å². The van der Waals surface area contributed by atoms with Crippen molar-refractivity contribution in [1.29, 1.82) is 0 Å². The Kier molecular flexibility index (Phi) is 6.18. The molecule has 0 aromatic heterocycles. The minimum absolute atomic E-state index is 0.162. The summed E-state index contributed by atoms with van der Waals surface area (Å²) in [6, 6.07) is 28.9. The Morgan fingerprint density at radius 1 is 0.935 bits per heavy atom. The predicted molar refractivity (Wildman–Crippen MR) is 177 cm³/mol. The third-order valence-electron chi connectivity index (χ3n) is 11.1. The van der Waals surface area contributed by atoms with Crippen molar-refractivity contribution in [3.63, 3.8) is 0 Å². The maximum absolute atomic E-state index is 12.3. The zero-order valence-electron chi connectivity index (χ0n) is 26.0. The number of nitrogens with zero attached hydrogens (tertiary/aromatic N) is 1. The van der Waals surface area contributed by atoms with Gasteiger partial charge in [0.15, 0.2) is 23.0 Å². The van der Waals surface area contributed by atoms with Crippen LogP contribution in [0.15, 0.2) is 97.1 Å². The molecule has 2 N–H and O–H groups in total. The lowest BCUT2D eigenvalue weighted by Crippen LogP contribution is -2.64. The van der Waals surface area contributed by atoms with Gasteiger partial charge in [0.25, 0.3) is 0 Å². The van der Waals surface area contributed by atoms with Crippen LogP contribution < -0.4 is 14.2 Å². The number of aliphatic hydroxyl groups is 1. The van der Waals surface area contributed by atoms with Crippen LogP contribution in [-0.4, -0.2) is 53.6 Å². The standard InChI is InChI=1S/C40H37NO5/c1-3-44-31-15-9-10-16-32(31)45-37-26-14-8-7-13-25(26)34(33(37)23-11-5-4-6-12-23)27-21-24-22-29-28-17-18-30(42)39-40(28,19-20-41(29)2)35(24)38(46-39)36(27)43/h4-18,21,28-30,34,39,42-43H,3,19-20,22H2,1-2H3/t28-,29+,30-,34?,39-,40-/m0/s1. The van der Waals surface area contributed by atoms with E-state index >= 15 is 0 Å². The summed E-state index contributed by atoms with van der Waals surface area (Å²) < 4.78 is 19.5. The van der Waals surface area contributed by atoms with E-state index in [1.165, 1.54) is 5.56 Å². The lowest BCUT2D eigenvalue weighted by atomic mass is 9.53. The van der Waals surface area contributed by atoms with Crippen molar-refractivity contribution in [3.8, 4) is 23.0 Å². The van der Waals surface area contributed by atoms with Gasteiger partial charge in [0.2, 0.25) is 0 Å². The molecule has 6 atom stereocenters. The smallest absolute Gasteiger partial charge is 0.169 e. The summed E-state index contributed by atoms with van der Waals surface area (Å²) in [7, 11) is 2.21. The molecule has 6 nitrogen and oxygen atoms in total. The zero-order valence-corrected chi connectivity index (χ0v) is 26.0.